The molecule has 4 rings (SSSR count). The number of H-pyrrole nitrogens is 1. The summed E-state index contributed by atoms with van der Waals surface area (Å²) in [7, 11) is 0. The van der Waals surface area contributed by atoms with Crippen molar-refractivity contribution in [3.05, 3.63) is 70.1 Å². The molecule has 1 aromatic heterocycles. The number of benzene rings is 2. The summed E-state index contributed by atoms with van der Waals surface area (Å²) in [6, 6.07) is 12.3. The number of aromatic amines is 1. The number of halogens is 2. The van der Waals surface area contributed by atoms with Gasteiger partial charge in [0.15, 0.2) is 0 Å². The third-order valence-electron chi connectivity index (χ3n) is 4.33. The van der Waals surface area contributed by atoms with E-state index < -0.39 is 11.7 Å². The van der Waals surface area contributed by atoms with Crippen LogP contribution in [0.3, 0.4) is 0 Å². The Morgan fingerprint density at radius 3 is 2.83 bits per heavy atom. The number of amides is 1. The van der Waals surface area contributed by atoms with Crippen molar-refractivity contribution in [2.24, 2.45) is 0 Å². The van der Waals surface area contributed by atoms with Gasteiger partial charge in [-0.05, 0) is 30.2 Å². The predicted octanol–water partition coefficient (Wildman–Crippen LogP) is 3.86. The molecule has 23 heavy (non-hydrogen) atoms. The molecule has 1 aliphatic rings. The Labute approximate surface area is 137 Å². The average molecular weight is 329 g/mol. The Morgan fingerprint density at radius 1 is 1.17 bits per heavy atom. The van der Waals surface area contributed by atoms with Crippen molar-refractivity contribution < 1.29 is 9.18 Å². The first-order valence-corrected chi connectivity index (χ1v) is 7.84. The monoisotopic (exact) mass is 328 g/mol. The molecule has 3 nitrogen and oxygen atoms in total. The number of hydrogen-bond acceptors (Lipinski definition) is 1. The Kier molecular flexibility index (Phi) is 3.34. The molecule has 0 aliphatic heterocycles. The summed E-state index contributed by atoms with van der Waals surface area (Å²) in [4.78, 5) is 15.7. The quantitative estimate of drug-likeness (QED) is 0.737. The SMILES string of the molecule is O=C(NC1Cc2[nH]c3ccccc3c2C1)c1c(F)cccc1Cl. The van der Waals surface area contributed by atoms with Crippen LogP contribution in [0.5, 0.6) is 0 Å². The largest absolute Gasteiger partial charge is 0.358 e. The van der Waals surface area contributed by atoms with E-state index in [9.17, 15) is 9.18 Å². The van der Waals surface area contributed by atoms with E-state index in [2.05, 4.69) is 16.4 Å². The molecule has 5 heteroatoms. The summed E-state index contributed by atoms with van der Waals surface area (Å²) in [5.41, 5.74) is 3.38. The molecule has 116 valence electrons. The van der Waals surface area contributed by atoms with E-state index in [0.717, 1.165) is 17.6 Å². The number of hydrogen-bond donors (Lipinski definition) is 2. The van der Waals surface area contributed by atoms with E-state index in [1.165, 1.54) is 29.1 Å². The molecule has 2 N–H and O–H groups in total. The number of carbonyl (C=O) groups excluding carboxylic acids is 1. The standard InChI is InChI=1S/C18H14ClFN2O/c19-13-5-3-6-14(20)17(13)18(23)21-10-8-12-11-4-1-2-7-15(11)22-16(12)9-10/h1-7,10,22H,8-9H2,(H,21,23). The molecule has 0 fully saturated rings. The Bertz CT molecular complexity index is 898. The van der Waals surface area contributed by atoms with Crippen molar-refractivity contribution in [1.82, 2.24) is 10.3 Å². The average Bonchev–Trinajstić information content (AvgIpc) is 3.04. The van der Waals surface area contributed by atoms with E-state index in [4.69, 9.17) is 11.6 Å². The van der Waals surface area contributed by atoms with Gasteiger partial charge >= 0.3 is 0 Å². The van der Waals surface area contributed by atoms with Crippen LogP contribution in [0.4, 0.5) is 4.39 Å². The third-order valence-corrected chi connectivity index (χ3v) is 4.64. The molecule has 1 atom stereocenters. The lowest BCUT2D eigenvalue weighted by molar-refractivity contribution is 0.0934. The molecule has 2 aromatic carbocycles. The van der Waals surface area contributed by atoms with E-state index in [-0.39, 0.29) is 16.6 Å². The second kappa shape index (κ2) is 5.39. The number of aromatic nitrogens is 1. The predicted molar refractivity (Wildman–Crippen MR) is 88.4 cm³/mol. The van der Waals surface area contributed by atoms with Crippen LogP contribution in [-0.2, 0) is 12.8 Å². The minimum atomic E-state index is -0.600. The first-order valence-electron chi connectivity index (χ1n) is 7.47. The lowest BCUT2D eigenvalue weighted by Gasteiger charge is -2.13. The molecule has 0 saturated carbocycles. The molecule has 0 spiro atoms. The smallest absolute Gasteiger partial charge is 0.256 e. The van der Waals surface area contributed by atoms with Crippen LogP contribution in [-0.4, -0.2) is 16.9 Å². The van der Waals surface area contributed by atoms with Crippen molar-refractivity contribution in [3.8, 4) is 0 Å². The van der Waals surface area contributed by atoms with Gasteiger partial charge in [0.1, 0.15) is 5.82 Å². The lowest BCUT2D eigenvalue weighted by atomic mass is 10.1. The van der Waals surface area contributed by atoms with E-state index in [1.54, 1.807) is 0 Å². The summed E-state index contributed by atoms with van der Waals surface area (Å²) < 4.78 is 13.8. The molecule has 1 aliphatic carbocycles. The van der Waals surface area contributed by atoms with Gasteiger partial charge in [0, 0.05) is 29.1 Å². The fourth-order valence-electron chi connectivity index (χ4n) is 3.30. The zero-order valence-electron chi connectivity index (χ0n) is 12.2. The maximum atomic E-state index is 13.8. The van der Waals surface area contributed by atoms with E-state index in [0.29, 0.717) is 6.42 Å². The van der Waals surface area contributed by atoms with Gasteiger partial charge in [-0.1, -0.05) is 35.9 Å². The molecule has 0 radical (unpaired) electrons. The van der Waals surface area contributed by atoms with Gasteiger partial charge in [-0.2, -0.15) is 0 Å². The lowest BCUT2D eigenvalue weighted by Crippen LogP contribution is -2.36. The number of fused-ring (bicyclic) bond motifs is 3. The topological polar surface area (TPSA) is 44.9 Å². The van der Waals surface area contributed by atoms with Crippen molar-refractivity contribution in [1.29, 1.82) is 0 Å². The summed E-state index contributed by atoms with van der Waals surface area (Å²) in [6.45, 7) is 0. The van der Waals surface area contributed by atoms with Crippen LogP contribution < -0.4 is 5.32 Å². The molecule has 1 amide bonds. The van der Waals surface area contributed by atoms with Gasteiger partial charge < -0.3 is 10.3 Å². The third kappa shape index (κ3) is 2.39. The van der Waals surface area contributed by atoms with Crippen LogP contribution in [0, 0.1) is 5.82 Å². The van der Waals surface area contributed by atoms with Crippen molar-refractivity contribution in [3.63, 3.8) is 0 Å². The molecule has 3 aromatic rings. The van der Waals surface area contributed by atoms with Crippen molar-refractivity contribution in [2.75, 3.05) is 0 Å². The maximum absolute atomic E-state index is 13.8. The van der Waals surface area contributed by atoms with Crippen LogP contribution in [0.15, 0.2) is 42.5 Å². The van der Waals surface area contributed by atoms with Gasteiger partial charge in [0.25, 0.3) is 5.91 Å². The van der Waals surface area contributed by atoms with Gasteiger partial charge in [-0.25, -0.2) is 4.39 Å². The molecular formula is C18H14ClFN2O. The number of nitrogens with one attached hydrogen (secondary N) is 2. The van der Waals surface area contributed by atoms with Crippen LogP contribution in [0.2, 0.25) is 5.02 Å². The van der Waals surface area contributed by atoms with Gasteiger partial charge in [0.2, 0.25) is 0 Å². The van der Waals surface area contributed by atoms with Gasteiger partial charge in [-0.3, -0.25) is 4.79 Å². The minimum Gasteiger partial charge on any atom is -0.358 e. The number of carbonyl (C=O) groups is 1. The Morgan fingerprint density at radius 2 is 2.00 bits per heavy atom. The highest BCUT2D eigenvalue weighted by atomic mass is 35.5. The van der Waals surface area contributed by atoms with Crippen LogP contribution in [0.1, 0.15) is 21.6 Å². The van der Waals surface area contributed by atoms with E-state index >= 15 is 0 Å². The summed E-state index contributed by atoms with van der Waals surface area (Å²) in [6.07, 6.45) is 1.44. The number of para-hydroxylation sites is 1. The fraction of sp³-hybridized carbons (Fsp3) is 0.167. The van der Waals surface area contributed by atoms with Gasteiger partial charge in [0.05, 0.1) is 10.6 Å². The van der Waals surface area contributed by atoms with Crippen molar-refractivity contribution >= 4 is 28.4 Å². The summed E-state index contributed by atoms with van der Waals surface area (Å²) in [5.74, 6) is -1.07. The highest BCUT2D eigenvalue weighted by Crippen LogP contribution is 2.30. The molecule has 1 unspecified atom stereocenters. The maximum Gasteiger partial charge on any atom is 0.256 e. The summed E-state index contributed by atoms with van der Waals surface area (Å²) >= 11 is 5.95. The summed E-state index contributed by atoms with van der Waals surface area (Å²) in [5, 5.41) is 4.20. The second-order valence-corrected chi connectivity index (χ2v) is 6.21. The molecule has 0 saturated heterocycles. The first-order chi connectivity index (χ1) is 11.1. The zero-order chi connectivity index (χ0) is 16.0. The minimum absolute atomic E-state index is 0.0518. The normalized spacial score (nSPS) is 16.5. The van der Waals surface area contributed by atoms with E-state index in [1.807, 2.05) is 18.2 Å². The highest BCUT2D eigenvalue weighted by Gasteiger charge is 2.28. The first kappa shape index (κ1) is 14.3. The van der Waals surface area contributed by atoms with Crippen LogP contribution >= 0.6 is 11.6 Å². The second-order valence-electron chi connectivity index (χ2n) is 5.80. The molecule has 0 bridgehead atoms. The Balaban J connectivity index is 1.56. The zero-order valence-corrected chi connectivity index (χ0v) is 13.0. The van der Waals surface area contributed by atoms with Crippen molar-refractivity contribution in [2.45, 2.75) is 18.9 Å². The number of rotatable bonds is 2. The van der Waals surface area contributed by atoms with Gasteiger partial charge in [-0.15, -0.1) is 0 Å². The fourth-order valence-corrected chi connectivity index (χ4v) is 3.55. The Hall–Kier alpha value is -2.33. The highest BCUT2D eigenvalue weighted by molar-refractivity contribution is 6.33. The molecular weight excluding hydrogens is 315 g/mol. The molecule has 1 heterocycles. The van der Waals surface area contributed by atoms with Crippen LogP contribution in [0.25, 0.3) is 10.9 Å².